The highest BCUT2D eigenvalue weighted by Crippen LogP contribution is 2.12. The highest BCUT2D eigenvalue weighted by molar-refractivity contribution is 5.87. The summed E-state index contributed by atoms with van der Waals surface area (Å²) < 4.78 is 14.3. The average molecular weight is 615 g/mol. The highest BCUT2D eigenvalue weighted by Gasteiger charge is 2.03. The Balaban J connectivity index is -0.000000681. The topological polar surface area (TPSA) is 136 Å². The van der Waals surface area contributed by atoms with Crippen molar-refractivity contribution in [2.24, 2.45) is 0 Å². The van der Waals surface area contributed by atoms with Crippen molar-refractivity contribution in [3.63, 3.8) is 0 Å². The van der Waals surface area contributed by atoms with Crippen LogP contribution >= 0.6 is 0 Å². The van der Waals surface area contributed by atoms with Gasteiger partial charge in [-0.3, -0.25) is 9.59 Å². The summed E-state index contributed by atoms with van der Waals surface area (Å²) >= 11 is 0. The fraction of sp³-hybridized carbons (Fsp3) is 0.765. The molecule has 0 aliphatic heterocycles. The maximum absolute atomic E-state index is 11.1. The van der Waals surface area contributed by atoms with Crippen LogP contribution in [0.1, 0.15) is 142 Å². The Hall–Kier alpha value is -2.68. The summed E-state index contributed by atoms with van der Waals surface area (Å²) in [5.41, 5.74) is 0.904. The third-order valence-electron chi connectivity index (χ3n) is 6.23. The van der Waals surface area contributed by atoms with E-state index in [0.29, 0.717) is 37.2 Å². The number of ether oxygens (including phenoxy) is 3. The molecule has 0 atom stereocenters. The maximum Gasteiger partial charge on any atom is 0.333 e. The quantitative estimate of drug-likeness (QED) is 0.0558. The summed E-state index contributed by atoms with van der Waals surface area (Å²) in [4.78, 5) is 42.8. The molecule has 0 aromatic heterocycles. The first kappa shape index (κ1) is 44.8. The summed E-state index contributed by atoms with van der Waals surface area (Å²) in [5.74, 6) is -1.99. The number of carboxylic acid groups (broad SMARTS) is 2. The Morgan fingerprint density at radius 3 is 0.884 bits per heavy atom. The van der Waals surface area contributed by atoms with E-state index in [-0.39, 0.29) is 11.9 Å². The van der Waals surface area contributed by atoms with Gasteiger partial charge in [0.25, 0.3) is 0 Å². The van der Waals surface area contributed by atoms with Crippen LogP contribution in [0.4, 0.5) is 0 Å². The minimum absolute atomic E-state index is 0.295. The van der Waals surface area contributed by atoms with Crippen LogP contribution in [0.5, 0.6) is 0 Å². The van der Waals surface area contributed by atoms with Gasteiger partial charge in [0.1, 0.15) is 0 Å². The van der Waals surface area contributed by atoms with Gasteiger partial charge < -0.3 is 24.4 Å². The lowest BCUT2D eigenvalue weighted by Gasteiger charge is -2.04. The van der Waals surface area contributed by atoms with Gasteiger partial charge in [-0.05, 0) is 39.5 Å². The molecule has 0 bridgehead atoms. The lowest BCUT2D eigenvalue weighted by atomic mass is 10.1. The number of hydrogen-bond acceptors (Lipinski definition) is 7. The third kappa shape index (κ3) is 43.9. The van der Waals surface area contributed by atoms with Crippen LogP contribution in [0, 0.1) is 0 Å². The second-order valence-electron chi connectivity index (χ2n) is 10.9. The summed E-state index contributed by atoms with van der Waals surface area (Å²) in [6.07, 6.45) is 20.0. The molecule has 0 rings (SSSR count). The molecule has 2 N–H and O–H groups in total. The van der Waals surface area contributed by atoms with Crippen molar-refractivity contribution in [3.05, 3.63) is 24.3 Å². The number of aliphatic carboxylic acids is 2. The molecule has 0 aliphatic rings. The van der Waals surface area contributed by atoms with Gasteiger partial charge in [-0.15, -0.1) is 0 Å². The molecule has 0 saturated heterocycles. The highest BCUT2D eigenvalue weighted by atomic mass is 16.5. The lowest BCUT2D eigenvalue weighted by Crippen LogP contribution is -2.05. The zero-order valence-corrected chi connectivity index (χ0v) is 27.7. The first-order valence-corrected chi connectivity index (χ1v) is 16.0. The minimum atomic E-state index is -0.697. The SMILES string of the molecule is C=C(C)C(=O)OCCCCCCCCCCCC(=O)O.C=C(C)C(=O)OCCCCCCCCCCCC(=O)O.COC. The van der Waals surface area contributed by atoms with Crippen LogP contribution in [0.2, 0.25) is 0 Å². The first-order valence-electron chi connectivity index (χ1n) is 16.0. The molecule has 0 amide bonds. The lowest BCUT2D eigenvalue weighted by molar-refractivity contribution is -0.139. The normalized spacial score (nSPS) is 9.95. The van der Waals surface area contributed by atoms with Gasteiger partial charge in [0.15, 0.2) is 0 Å². The van der Waals surface area contributed by atoms with Gasteiger partial charge >= 0.3 is 23.9 Å². The van der Waals surface area contributed by atoms with Crippen molar-refractivity contribution in [1.82, 2.24) is 0 Å². The van der Waals surface area contributed by atoms with Gasteiger partial charge in [0.05, 0.1) is 13.2 Å². The van der Waals surface area contributed by atoms with Crippen LogP contribution in [-0.4, -0.2) is 61.5 Å². The zero-order valence-electron chi connectivity index (χ0n) is 27.7. The summed E-state index contributed by atoms with van der Waals surface area (Å²) in [6, 6.07) is 0. The third-order valence-corrected chi connectivity index (χ3v) is 6.23. The molecule has 0 aromatic carbocycles. The second-order valence-corrected chi connectivity index (χ2v) is 10.9. The van der Waals surface area contributed by atoms with Crippen molar-refractivity contribution < 1.29 is 43.6 Å². The van der Waals surface area contributed by atoms with Gasteiger partial charge in [-0.1, -0.05) is 103 Å². The summed E-state index contributed by atoms with van der Waals surface area (Å²) in [6.45, 7) is 11.3. The van der Waals surface area contributed by atoms with E-state index in [1.54, 1.807) is 28.1 Å². The largest absolute Gasteiger partial charge is 0.481 e. The van der Waals surface area contributed by atoms with E-state index < -0.39 is 11.9 Å². The Kier molecular flexibility index (Phi) is 37.0. The van der Waals surface area contributed by atoms with E-state index in [1.165, 1.54) is 51.4 Å². The fourth-order valence-electron chi connectivity index (χ4n) is 3.81. The summed E-state index contributed by atoms with van der Waals surface area (Å²) in [5, 5.41) is 17.0. The van der Waals surface area contributed by atoms with E-state index in [2.05, 4.69) is 17.9 Å². The Morgan fingerprint density at radius 2 is 0.674 bits per heavy atom. The number of hydrogen-bond donors (Lipinski definition) is 2. The Bertz CT molecular complexity index is 671. The molecular formula is C34H62O9. The van der Waals surface area contributed by atoms with Crippen molar-refractivity contribution in [1.29, 1.82) is 0 Å². The molecule has 0 heterocycles. The monoisotopic (exact) mass is 614 g/mol. The van der Waals surface area contributed by atoms with Crippen LogP contribution < -0.4 is 0 Å². The van der Waals surface area contributed by atoms with Gasteiger partial charge in [-0.25, -0.2) is 9.59 Å². The standard InChI is InChI=1S/2C16H28O4.C2H6O/c2*1-14(2)16(19)20-13-11-9-7-5-3-4-6-8-10-12-15(17)18;1-3-2/h2*1,3-13H2,2H3,(H,17,18);1-2H3. The van der Waals surface area contributed by atoms with E-state index in [1.807, 2.05) is 0 Å². The predicted molar refractivity (Wildman–Crippen MR) is 172 cm³/mol. The second kappa shape index (κ2) is 35.5. The van der Waals surface area contributed by atoms with E-state index in [0.717, 1.165) is 64.2 Å². The zero-order chi connectivity index (χ0) is 33.1. The maximum atomic E-state index is 11.1. The molecule has 0 saturated carbocycles. The van der Waals surface area contributed by atoms with Crippen LogP contribution in [0.3, 0.4) is 0 Å². The molecule has 252 valence electrons. The molecule has 0 radical (unpaired) electrons. The first-order chi connectivity index (χ1) is 20.5. The molecule has 9 heteroatoms. The Morgan fingerprint density at radius 1 is 0.465 bits per heavy atom. The predicted octanol–water partition coefficient (Wildman–Crippen LogP) is 8.45. The summed E-state index contributed by atoms with van der Waals surface area (Å²) in [7, 11) is 3.25. The number of carboxylic acids is 2. The number of methoxy groups -OCH3 is 1. The van der Waals surface area contributed by atoms with Crippen molar-refractivity contribution in [2.75, 3.05) is 27.4 Å². The van der Waals surface area contributed by atoms with Crippen LogP contribution in [0.15, 0.2) is 24.3 Å². The molecule has 43 heavy (non-hydrogen) atoms. The number of unbranched alkanes of at least 4 members (excludes halogenated alkanes) is 16. The number of esters is 2. The van der Waals surface area contributed by atoms with Crippen LogP contribution in [-0.2, 0) is 33.4 Å². The van der Waals surface area contributed by atoms with Gasteiger partial charge in [-0.2, -0.15) is 0 Å². The van der Waals surface area contributed by atoms with Gasteiger partial charge in [0, 0.05) is 38.2 Å². The van der Waals surface area contributed by atoms with Gasteiger partial charge in [0.2, 0.25) is 0 Å². The molecule has 0 aliphatic carbocycles. The van der Waals surface area contributed by atoms with Crippen molar-refractivity contribution >= 4 is 23.9 Å². The van der Waals surface area contributed by atoms with Crippen molar-refractivity contribution in [2.45, 2.75) is 142 Å². The van der Waals surface area contributed by atoms with E-state index >= 15 is 0 Å². The molecule has 0 fully saturated rings. The van der Waals surface area contributed by atoms with E-state index in [9.17, 15) is 19.2 Å². The molecular weight excluding hydrogens is 552 g/mol. The average Bonchev–Trinajstić information content (AvgIpc) is 2.94. The number of rotatable bonds is 26. The van der Waals surface area contributed by atoms with Crippen molar-refractivity contribution in [3.8, 4) is 0 Å². The molecule has 0 unspecified atom stereocenters. The molecule has 0 aromatic rings. The Labute approximate surface area is 261 Å². The smallest absolute Gasteiger partial charge is 0.333 e. The molecule has 0 spiro atoms. The number of carbonyl (C=O) groups is 4. The minimum Gasteiger partial charge on any atom is -0.481 e. The van der Waals surface area contributed by atoms with Crippen LogP contribution in [0.25, 0.3) is 0 Å². The number of carbonyl (C=O) groups excluding carboxylic acids is 2. The van der Waals surface area contributed by atoms with E-state index in [4.69, 9.17) is 19.7 Å². The molecule has 9 nitrogen and oxygen atoms in total. The fourth-order valence-corrected chi connectivity index (χ4v) is 3.81.